The van der Waals surface area contributed by atoms with Gasteiger partial charge in [-0.25, -0.2) is 0 Å². The molecule has 1 N–H and O–H groups in total. The molecule has 0 bridgehead atoms. The van der Waals surface area contributed by atoms with Gasteiger partial charge in [0.05, 0.1) is 5.57 Å². The van der Waals surface area contributed by atoms with Gasteiger partial charge in [-0.15, -0.1) is 0 Å². The second kappa shape index (κ2) is 5.80. The number of benzene rings is 1. The molecule has 23 heavy (non-hydrogen) atoms. The quantitative estimate of drug-likeness (QED) is 0.653. The number of allylic oxidation sites excluding steroid dienone is 2. The maximum Gasteiger partial charge on any atom is 0.166 e. The van der Waals surface area contributed by atoms with Crippen molar-refractivity contribution in [1.82, 2.24) is 4.98 Å². The molecule has 120 valence electrons. The highest BCUT2D eigenvalue weighted by Crippen LogP contribution is 2.35. The van der Waals surface area contributed by atoms with Gasteiger partial charge in [-0.3, -0.25) is 9.59 Å². The van der Waals surface area contributed by atoms with Gasteiger partial charge in [0, 0.05) is 29.9 Å². The van der Waals surface area contributed by atoms with Crippen LogP contribution in [-0.2, 0) is 9.59 Å². The number of ketones is 2. The Morgan fingerprint density at radius 2 is 1.83 bits per heavy atom. The van der Waals surface area contributed by atoms with E-state index in [2.05, 4.69) is 25.8 Å². The largest absolute Gasteiger partial charge is 0.361 e. The van der Waals surface area contributed by atoms with E-state index in [1.807, 2.05) is 36.5 Å². The molecule has 3 nitrogen and oxygen atoms in total. The van der Waals surface area contributed by atoms with Crippen molar-refractivity contribution in [2.45, 2.75) is 46.0 Å². The van der Waals surface area contributed by atoms with Crippen LogP contribution in [0.4, 0.5) is 0 Å². The molecule has 1 aliphatic carbocycles. The molecule has 1 aliphatic rings. The molecule has 1 heterocycles. The molecule has 2 aromatic rings. The van der Waals surface area contributed by atoms with Gasteiger partial charge >= 0.3 is 0 Å². The number of nitrogens with one attached hydrogen (secondary N) is 1. The predicted molar refractivity (Wildman–Crippen MR) is 92.4 cm³/mol. The number of Topliss-reactive ketones (excluding diaryl/α,β-unsaturated/α-hetero) is 2. The number of hydrogen-bond donors (Lipinski definition) is 1. The molecule has 0 aliphatic heterocycles. The fourth-order valence-electron chi connectivity index (χ4n) is 3.22. The first kappa shape index (κ1) is 15.7. The molecular weight excluding hydrogens is 286 g/mol. The van der Waals surface area contributed by atoms with Gasteiger partial charge in [0.25, 0.3) is 0 Å². The highest BCUT2D eigenvalue weighted by Gasteiger charge is 2.32. The van der Waals surface area contributed by atoms with Gasteiger partial charge in [0.15, 0.2) is 11.6 Å². The third kappa shape index (κ3) is 3.29. The molecule has 0 radical (unpaired) electrons. The second-order valence-electron chi connectivity index (χ2n) is 7.62. The molecule has 1 saturated carbocycles. The van der Waals surface area contributed by atoms with Gasteiger partial charge in [0.2, 0.25) is 0 Å². The fourth-order valence-corrected chi connectivity index (χ4v) is 3.22. The maximum atomic E-state index is 12.5. The number of aromatic amines is 1. The molecule has 0 amide bonds. The summed E-state index contributed by atoms with van der Waals surface area (Å²) in [7, 11) is 0. The monoisotopic (exact) mass is 309 g/mol. The second-order valence-corrected chi connectivity index (χ2v) is 7.62. The fraction of sp³-hybridized carbons (Fsp3) is 0.400. The van der Waals surface area contributed by atoms with Crippen LogP contribution in [0.2, 0.25) is 0 Å². The van der Waals surface area contributed by atoms with Crippen molar-refractivity contribution < 1.29 is 9.59 Å². The number of hydrogen-bond acceptors (Lipinski definition) is 2. The number of carbonyl (C=O) groups excluding carboxylic acids is 2. The minimum atomic E-state index is -0.0127. The van der Waals surface area contributed by atoms with Crippen LogP contribution in [0.15, 0.2) is 42.1 Å². The van der Waals surface area contributed by atoms with E-state index >= 15 is 0 Å². The van der Waals surface area contributed by atoms with Crippen LogP contribution in [0.5, 0.6) is 0 Å². The van der Waals surface area contributed by atoms with Crippen LogP contribution in [-0.4, -0.2) is 16.6 Å². The van der Waals surface area contributed by atoms with Crippen molar-refractivity contribution in [2.75, 3.05) is 0 Å². The minimum Gasteiger partial charge on any atom is -0.361 e. The van der Waals surface area contributed by atoms with Crippen molar-refractivity contribution >= 4 is 22.5 Å². The summed E-state index contributed by atoms with van der Waals surface area (Å²) < 4.78 is 0. The zero-order valence-electron chi connectivity index (χ0n) is 14.0. The molecular formula is C20H23NO2. The summed E-state index contributed by atoms with van der Waals surface area (Å²) in [6.07, 6.45) is 5.34. The SMILES string of the molecule is CC(C)(C)CC=C1C(=O)CC(c2cccc3[nH]ccc23)CC1=O. The Hall–Kier alpha value is -2.16. The van der Waals surface area contributed by atoms with E-state index < -0.39 is 0 Å². The third-order valence-electron chi connectivity index (χ3n) is 4.45. The molecule has 3 heteroatoms. The number of rotatable bonds is 2. The topological polar surface area (TPSA) is 49.9 Å². The van der Waals surface area contributed by atoms with Crippen LogP contribution in [0.3, 0.4) is 0 Å². The minimum absolute atomic E-state index is 0.0111. The number of fused-ring (bicyclic) bond motifs is 1. The highest BCUT2D eigenvalue weighted by atomic mass is 16.1. The Morgan fingerprint density at radius 1 is 1.13 bits per heavy atom. The molecule has 1 fully saturated rings. The van der Waals surface area contributed by atoms with Crippen molar-refractivity contribution in [1.29, 1.82) is 0 Å². The first-order valence-corrected chi connectivity index (χ1v) is 8.18. The average Bonchev–Trinajstić information content (AvgIpc) is 2.93. The summed E-state index contributed by atoms with van der Waals surface area (Å²) in [5.41, 5.74) is 2.65. The lowest BCUT2D eigenvalue weighted by molar-refractivity contribution is -0.124. The van der Waals surface area contributed by atoms with Crippen molar-refractivity contribution in [3.63, 3.8) is 0 Å². The van der Waals surface area contributed by atoms with E-state index in [9.17, 15) is 9.59 Å². The number of H-pyrrole nitrogens is 1. The van der Waals surface area contributed by atoms with E-state index in [0.29, 0.717) is 18.4 Å². The lowest BCUT2D eigenvalue weighted by Gasteiger charge is -2.24. The Kier molecular flexibility index (Phi) is 3.97. The molecule has 0 unspecified atom stereocenters. The molecule has 0 saturated heterocycles. The van der Waals surface area contributed by atoms with E-state index in [-0.39, 0.29) is 22.9 Å². The summed E-state index contributed by atoms with van der Waals surface area (Å²) in [6.45, 7) is 6.33. The Balaban J connectivity index is 1.86. The lowest BCUT2D eigenvalue weighted by atomic mass is 9.78. The van der Waals surface area contributed by atoms with Crippen LogP contribution in [0.25, 0.3) is 10.9 Å². The third-order valence-corrected chi connectivity index (χ3v) is 4.45. The summed E-state index contributed by atoms with van der Waals surface area (Å²) in [5.74, 6) is -0.0348. The first-order chi connectivity index (χ1) is 10.8. The summed E-state index contributed by atoms with van der Waals surface area (Å²) >= 11 is 0. The Bertz CT molecular complexity index is 769. The van der Waals surface area contributed by atoms with Gasteiger partial charge in [-0.1, -0.05) is 39.0 Å². The Morgan fingerprint density at radius 3 is 2.48 bits per heavy atom. The van der Waals surface area contributed by atoms with Crippen LogP contribution in [0.1, 0.15) is 51.5 Å². The van der Waals surface area contributed by atoms with Crippen molar-refractivity contribution in [3.8, 4) is 0 Å². The Labute approximate surface area is 136 Å². The molecule has 1 aromatic carbocycles. The summed E-state index contributed by atoms with van der Waals surface area (Å²) in [5, 5.41) is 1.11. The van der Waals surface area contributed by atoms with Crippen molar-refractivity contribution in [3.05, 3.63) is 47.7 Å². The molecule has 0 atom stereocenters. The van der Waals surface area contributed by atoms with Crippen LogP contribution >= 0.6 is 0 Å². The van der Waals surface area contributed by atoms with E-state index in [1.54, 1.807) is 0 Å². The zero-order valence-corrected chi connectivity index (χ0v) is 14.0. The standard InChI is InChI=1S/C20H23NO2/c1-20(2,3)9-7-16-18(22)11-13(12-19(16)23)14-5-4-6-17-15(14)8-10-21-17/h4-8,10,13,21H,9,11-12H2,1-3H3. The summed E-state index contributed by atoms with van der Waals surface area (Å²) in [6, 6.07) is 8.05. The van der Waals surface area contributed by atoms with Gasteiger partial charge < -0.3 is 4.98 Å². The van der Waals surface area contributed by atoms with Gasteiger partial charge in [-0.2, -0.15) is 0 Å². The molecule has 3 rings (SSSR count). The normalized spacial score (nSPS) is 19.4. The smallest absolute Gasteiger partial charge is 0.166 e. The number of carbonyl (C=O) groups is 2. The number of aromatic nitrogens is 1. The average molecular weight is 309 g/mol. The highest BCUT2D eigenvalue weighted by molar-refractivity contribution is 6.22. The maximum absolute atomic E-state index is 12.5. The lowest BCUT2D eigenvalue weighted by Crippen LogP contribution is -2.25. The van der Waals surface area contributed by atoms with Crippen LogP contribution < -0.4 is 0 Å². The van der Waals surface area contributed by atoms with Gasteiger partial charge in [-0.05, 0) is 35.4 Å². The predicted octanol–water partition coefficient (Wildman–Crippen LogP) is 4.55. The van der Waals surface area contributed by atoms with E-state index in [4.69, 9.17) is 0 Å². The zero-order chi connectivity index (χ0) is 16.6. The molecule has 1 aromatic heterocycles. The van der Waals surface area contributed by atoms with Gasteiger partial charge in [0.1, 0.15) is 0 Å². The summed E-state index contributed by atoms with van der Waals surface area (Å²) in [4.78, 5) is 28.2. The van der Waals surface area contributed by atoms with Crippen LogP contribution in [0, 0.1) is 5.41 Å². The first-order valence-electron chi connectivity index (χ1n) is 8.18. The van der Waals surface area contributed by atoms with E-state index in [0.717, 1.165) is 22.9 Å². The van der Waals surface area contributed by atoms with Crippen molar-refractivity contribution in [2.24, 2.45) is 5.41 Å². The molecule has 0 spiro atoms. The van der Waals surface area contributed by atoms with E-state index in [1.165, 1.54) is 0 Å².